The van der Waals surface area contributed by atoms with Gasteiger partial charge in [-0.2, -0.15) is 0 Å². The topological polar surface area (TPSA) is 70.6 Å². The lowest BCUT2D eigenvalue weighted by atomic mass is 10.2. The van der Waals surface area contributed by atoms with Gasteiger partial charge in [0.05, 0.1) is 11.5 Å². The molecule has 1 aliphatic rings. The smallest absolute Gasteiger partial charge is 0.191 e. The summed E-state index contributed by atoms with van der Waals surface area (Å²) in [6.45, 7) is 0.607. The Kier molecular flexibility index (Phi) is 7.22. The van der Waals surface area contributed by atoms with Gasteiger partial charge in [0.25, 0.3) is 0 Å². The summed E-state index contributed by atoms with van der Waals surface area (Å²) in [6, 6.07) is 7.47. The lowest BCUT2D eigenvalue weighted by Gasteiger charge is -2.16. The SMILES string of the molecule is CN=C(NCc1ccc(Cl)cc1)NC1CCS(=O)(=O)C1.I. The molecule has 0 spiro atoms. The van der Waals surface area contributed by atoms with Crippen molar-refractivity contribution in [2.45, 2.75) is 19.0 Å². The molecular formula is C13H19ClIN3O2S. The summed E-state index contributed by atoms with van der Waals surface area (Å²) in [4.78, 5) is 4.11. The summed E-state index contributed by atoms with van der Waals surface area (Å²) in [5.41, 5.74) is 1.08. The molecule has 0 amide bonds. The summed E-state index contributed by atoms with van der Waals surface area (Å²) in [7, 11) is -1.21. The molecule has 8 heteroatoms. The second kappa shape index (κ2) is 8.19. The normalized spacial score (nSPS) is 20.7. The zero-order chi connectivity index (χ0) is 14.6. The Hall–Kier alpha value is -0.540. The predicted molar refractivity (Wildman–Crippen MR) is 97.3 cm³/mol. The molecule has 1 atom stereocenters. The van der Waals surface area contributed by atoms with Crippen LogP contribution in [0.1, 0.15) is 12.0 Å². The van der Waals surface area contributed by atoms with E-state index in [1.54, 1.807) is 7.05 Å². The van der Waals surface area contributed by atoms with E-state index in [2.05, 4.69) is 15.6 Å². The molecule has 2 N–H and O–H groups in total. The van der Waals surface area contributed by atoms with Gasteiger partial charge in [0, 0.05) is 24.7 Å². The molecule has 0 aromatic heterocycles. The lowest BCUT2D eigenvalue weighted by molar-refractivity contribution is 0.599. The largest absolute Gasteiger partial charge is 0.353 e. The molecule has 1 aromatic rings. The highest BCUT2D eigenvalue weighted by molar-refractivity contribution is 14.0. The van der Waals surface area contributed by atoms with Gasteiger partial charge in [0.1, 0.15) is 0 Å². The number of nitrogens with zero attached hydrogens (tertiary/aromatic N) is 1. The fourth-order valence-electron chi connectivity index (χ4n) is 2.08. The number of aliphatic imine (C=N–C) groups is 1. The Morgan fingerprint density at radius 2 is 2.05 bits per heavy atom. The number of guanidine groups is 1. The van der Waals surface area contributed by atoms with E-state index in [0.29, 0.717) is 23.9 Å². The zero-order valence-corrected chi connectivity index (χ0v) is 15.6. The fraction of sp³-hybridized carbons (Fsp3) is 0.462. The van der Waals surface area contributed by atoms with Crippen LogP contribution < -0.4 is 10.6 Å². The molecule has 5 nitrogen and oxygen atoms in total. The van der Waals surface area contributed by atoms with Crippen LogP contribution in [0.25, 0.3) is 0 Å². The third kappa shape index (κ3) is 5.99. The number of hydrogen-bond donors (Lipinski definition) is 2. The number of halogens is 2. The second-order valence-electron chi connectivity index (χ2n) is 4.80. The first kappa shape index (κ1) is 18.5. The van der Waals surface area contributed by atoms with E-state index in [1.165, 1.54) is 0 Å². The first-order valence-corrected chi connectivity index (χ1v) is 8.60. The van der Waals surface area contributed by atoms with Gasteiger partial charge in [0.15, 0.2) is 15.8 Å². The van der Waals surface area contributed by atoms with Crippen molar-refractivity contribution in [3.05, 3.63) is 34.9 Å². The van der Waals surface area contributed by atoms with E-state index < -0.39 is 9.84 Å². The van der Waals surface area contributed by atoms with Crippen molar-refractivity contribution in [2.75, 3.05) is 18.6 Å². The van der Waals surface area contributed by atoms with E-state index in [9.17, 15) is 8.42 Å². The van der Waals surface area contributed by atoms with E-state index in [0.717, 1.165) is 5.56 Å². The average molecular weight is 444 g/mol. The van der Waals surface area contributed by atoms with Gasteiger partial charge >= 0.3 is 0 Å². The summed E-state index contributed by atoms with van der Waals surface area (Å²) >= 11 is 5.83. The van der Waals surface area contributed by atoms with Gasteiger partial charge in [-0.05, 0) is 24.1 Å². The van der Waals surface area contributed by atoms with Gasteiger partial charge in [-0.25, -0.2) is 8.42 Å². The van der Waals surface area contributed by atoms with Crippen molar-refractivity contribution in [3.8, 4) is 0 Å². The van der Waals surface area contributed by atoms with Gasteiger partial charge in [-0.3, -0.25) is 4.99 Å². The van der Waals surface area contributed by atoms with E-state index in [-0.39, 0.29) is 41.5 Å². The van der Waals surface area contributed by atoms with Crippen molar-refractivity contribution < 1.29 is 8.42 Å². The average Bonchev–Trinajstić information content (AvgIpc) is 2.75. The maximum Gasteiger partial charge on any atom is 0.191 e. The van der Waals surface area contributed by atoms with Crippen molar-refractivity contribution in [2.24, 2.45) is 4.99 Å². The van der Waals surface area contributed by atoms with Crippen LogP contribution in [0.2, 0.25) is 5.02 Å². The molecule has 118 valence electrons. The monoisotopic (exact) mass is 443 g/mol. The minimum Gasteiger partial charge on any atom is -0.353 e. The van der Waals surface area contributed by atoms with Crippen LogP contribution in [0.5, 0.6) is 0 Å². The van der Waals surface area contributed by atoms with Crippen molar-refractivity contribution in [3.63, 3.8) is 0 Å². The molecule has 1 heterocycles. The number of nitrogens with one attached hydrogen (secondary N) is 2. The Bertz CT molecular complexity index is 590. The quantitative estimate of drug-likeness (QED) is 0.425. The number of benzene rings is 1. The molecule has 1 aromatic carbocycles. The number of hydrogen-bond acceptors (Lipinski definition) is 3. The first-order valence-electron chi connectivity index (χ1n) is 6.40. The first-order chi connectivity index (χ1) is 9.48. The minimum atomic E-state index is -2.88. The van der Waals surface area contributed by atoms with Crippen LogP contribution >= 0.6 is 35.6 Å². The summed E-state index contributed by atoms with van der Waals surface area (Å²) in [5, 5.41) is 7.00. The zero-order valence-electron chi connectivity index (χ0n) is 11.7. The molecule has 2 rings (SSSR count). The van der Waals surface area contributed by atoms with Crippen molar-refractivity contribution >= 4 is 51.4 Å². The van der Waals surface area contributed by atoms with Crippen LogP contribution in [-0.4, -0.2) is 39.0 Å². The fourth-order valence-corrected chi connectivity index (χ4v) is 3.88. The molecular weight excluding hydrogens is 425 g/mol. The van der Waals surface area contributed by atoms with Gasteiger partial charge in [-0.15, -0.1) is 24.0 Å². The van der Waals surface area contributed by atoms with Crippen LogP contribution in [0.15, 0.2) is 29.3 Å². The molecule has 0 radical (unpaired) electrons. The lowest BCUT2D eigenvalue weighted by Crippen LogP contribution is -2.43. The van der Waals surface area contributed by atoms with E-state index in [4.69, 9.17) is 11.6 Å². The van der Waals surface area contributed by atoms with Crippen LogP contribution in [0.4, 0.5) is 0 Å². The maximum absolute atomic E-state index is 11.4. The maximum atomic E-state index is 11.4. The van der Waals surface area contributed by atoms with Gasteiger partial charge in [0.2, 0.25) is 0 Å². The molecule has 1 saturated heterocycles. The van der Waals surface area contributed by atoms with Crippen molar-refractivity contribution in [1.82, 2.24) is 10.6 Å². The van der Waals surface area contributed by atoms with Crippen LogP contribution in [0, 0.1) is 0 Å². The third-order valence-electron chi connectivity index (χ3n) is 3.17. The summed E-state index contributed by atoms with van der Waals surface area (Å²) < 4.78 is 22.8. The van der Waals surface area contributed by atoms with Crippen LogP contribution in [0.3, 0.4) is 0 Å². The molecule has 0 bridgehead atoms. The Morgan fingerprint density at radius 3 is 2.57 bits per heavy atom. The van der Waals surface area contributed by atoms with Gasteiger partial charge < -0.3 is 10.6 Å². The van der Waals surface area contributed by atoms with Crippen LogP contribution in [-0.2, 0) is 16.4 Å². The Balaban J connectivity index is 0.00000220. The molecule has 0 aliphatic carbocycles. The van der Waals surface area contributed by atoms with Gasteiger partial charge in [-0.1, -0.05) is 23.7 Å². The highest BCUT2D eigenvalue weighted by Crippen LogP contribution is 2.11. The molecule has 1 unspecified atom stereocenters. The molecule has 1 aliphatic heterocycles. The highest BCUT2D eigenvalue weighted by atomic mass is 127. The molecule has 1 fully saturated rings. The van der Waals surface area contributed by atoms with E-state index in [1.807, 2.05) is 24.3 Å². The molecule has 0 saturated carbocycles. The predicted octanol–water partition coefficient (Wildman–Crippen LogP) is 1.81. The number of rotatable bonds is 3. The summed E-state index contributed by atoms with van der Waals surface area (Å²) in [6.07, 6.45) is 0.629. The summed E-state index contributed by atoms with van der Waals surface area (Å²) in [5.74, 6) is 1.04. The standard InChI is InChI=1S/C13H18ClN3O2S.HI/c1-15-13(17-12-6-7-20(18,19)9-12)16-8-10-2-4-11(14)5-3-10;/h2-5,12H,6-9H2,1H3,(H2,15,16,17);1H. The Morgan fingerprint density at radius 1 is 1.38 bits per heavy atom. The minimum absolute atomic E-state index is 0. The van der Waals surface area contributed by atoms with E-state index >= 15 is 0 Å². The second-order valence-corrected chi connectivity index (χ2v) is 7.46. The highest BCUT2D eigenvalue weighted by Gasteiger charge is 2.28. The molecule has 21 heavy (non-hydrogen) atoms. The van der Waals surface area contributed by atoms with Crippen molar-refractivity contribution in [1.29, 1.82) is 0 Å². The number of sulfone groups is 1. The Labute approximate surface area is 147 Å². The third-order valence-corrected chi connectivity index (χ3v) is 5.19.